The molecule has 3 heterocycles. The zero-order chi connectivity index (χ0) is 22.9. The second kappa shape index (κ2) is 8.96. The highest BCUT2D eigenvalue weighted by molar-refractivity contribution is 5.99. The third kappa shape index (κ3) is 4.00. The van der Waals surface area contributed by atoms with Crippen molar-refractivity contribution in [3.63, 3.8) is 0 Å². The van der Waals surface area contributed by atoms with Crippen LogP contribution in [0.4, 0.5) is 4.39 Å². The quantitative estimate of drug-likeness (QED) is 0.572. The van der Waals surface area contributed by atoms with Gasteiger partial charge in [-0.25, -0.2) is 4.39 Å². The monoisotopic (exact) mass is 452 g/mol. The van der Waals surface area contributed by atoms with E-state index in [1.54, 1.807) is 35.2 Å². The molecule has 0 saturated carbocycles. The number of rotatable bonds is 6. The molecule has 0 aliphatic carbocycles. The molecule has 1 aromatic heterocycles. The fourth-order valence-electron chi connectivity index (χ4n) is 4.58. The molecule has 5 rings (SSSR count). The number of morpholine rings is 1. The van der Waals surface area contributed by atoms with Gasteiger partial charge < -0.3 is 18.8 Å². The van der Waals surface area contributed by atoms with E-state index in [0.717, 1.165) is 13.1 Å². The number of ether oxygens (including phenoxy) is 2. The van der Waals surface area contributed by atoms with Crippen molar-refractivity contribution in [1.29, 1.82) is 0 Å². The summed E-state index contributed by atoms with van der Waals surface area (Å²) in [4.78, 5) is 30.8. The molecule has 0 radical (unpaired) electrons. The summed E-state index contributed by atoms with van der Waals surface area (Å²) in [7, 11) is 0. The Bertz CT molecular complexity index is 1250. The number of carbonyl (C=O) groups excluding carboxylic acids is 1. The lowest BCUT2D eigenvalue weighted by atomic mass is 9.98. The molecular weight excluding hydrogens is 427 g/mol. The zero-order valence-electron chi connectivity index (χ0n) is 18.4. The normalized spacial score (nSPS) is 18.7. The average Bonchev–Trinajstić information content (AvgIpc) is 3.10. The van der Waals surface area contributed by atoms with E-state index in [9.17, 15) is 14.0 Å². The van der Waals surface area contributed by atoms with Crippen molar-refractivity contribution in [2.75, 3.05) is 46.0 Å². The second-order valence-electron chi connectivity index (χ2n) is 8.18. The molecule has 8 heteroatoms. The van der Waals surface area contributed by atoms with Gasteiger partial charge in [0.1, 0.15) is 17.1 Å². The molecule has 0 spiro atoms. The molecule has 2 aliphatic heterocycles. The van der Waals surface area contributed by atoms with Gasteiger partial charge in [0, 0.05) is 32.2 Å². The average molecular weight is 452 g/mol. The molecule has 0 bridgehead atoms. The number of carbonyl (C=O) groups is 1. The van der Waals surface area contributed by atoms with Crippen molar-refractivity contribution < 1.29 is 23.1 Å². The molecule has 172 valence electrons. The van der Waals surface area contributed by atoms with Crippen LogP contribution in [0.5, 0.6) is 5.75 Å². The maximum atomic E-state index is 14.1. The Morgan fingerprint density at radius 2 is 1.91 bits per heavy atom. The highest BCUT2D eigenvalue weighted by atomic mass is 19.1. The lowest BCUT2D eigenvalue weighted by Gasteiger charge is -2.31. The number of fused-ring (bicyclic) bond motifs is 2. The predicted octanol–water partition coefficient (Wildman–Crippen LogP) is 3.21. The van der Waals surface area contributed by atoms with E-state index in [0.29, 0.717) is 55.2 Å². The van der Waals surface area contributed by atoms with Crippen LogP contribution in [-0.2, 0) is 4.74 Å². The first-order valence-electron chi connectivity index (χ1n) is 11.2. The summed E-state index contributed by atoms with van der Waals surface area (Å²) in [5.41, 5.74) is 0.808. The maximum Gasteiger partial charge on any atom is 0.290 e. The fraction of sp³-hybridized carbons (Fsp3) is 0.360. The van der Waals surface area contributed by atoms with E-state index in [1.165, 1.54) is 12.1 Å². The lowest BCUT2D eigenvalue weighted by molar-refractivity contribution is 0.0314. The Morgan fingerprint density at radius 3 is 2.67 bits per heavy atom. The minimum Gasteiger partial charge on any atom is -0.494 e. The summed E-state index contributed by atoms with van der Waals surface area (Å²) in [6, 6.07) is 10.3. The van der Waals surface area contributed by atoms with Gasteiger partial charge in [-0.1, -0.05) is 12.1 Å². The van der Waals surface area contributed by atoms with Crippen molar-refractivity contribution in [1.82, 2.24) is 9.80 Å². The van der Waals surface area contributed by atoms with Crippen molar-refractivity contribution in [3.8, 4) is 5.75 Å². The molecule has 33 heavy (non-hydrogen) atoms. The van der Waals surface area contributed by atoms with Crippen LogP contribution in [0.25, 0.3) is 11.0 Å². The van der Waals surface area contributed by atoms with Gasteiger partial charge in [0.2, 0.25) is 5.76 Å². The van der Waals surface area contributed by atoms with Crippen molar-refractivity contribution >= 4 is 16.9 Å². The van der Waals surface area contributed by atoms with Gasteiger partial charge in [-0.3, -0.25) is 14.5 Å². The van der Waals surface area contributed by atoms with Gasteiger partial charge in [0.15, 0.2) is 5.43 Å². The number of halogens is 1. The number of nitrogens with zero attached hydrogens (tertiary/aromatic N) is 2. The van der Waals surface area contributed by atoms with Crippen LogP contribution >= 0.6 is 0 Å². The van der Waals surface area contributed by atoms with Crippen LogP contribution in [0.15, 0.2) is 51.7 Å². The van der Waals surface area contributed by atoms with E-state index >= 15 is 0 Å². The van der Waals surface area contributed by atoms with Crippen LogP contribution in [0, 0.1) is 5.82 Å². The first kappa shape index (κ1) is 21.6. The lowest BCUT2D eigenvalue weighted by Crippen LogP contribution is -2.42. The molecular formula is C25H25FN2O5. The van der Waals surface area contributed by atoms with Crippen LogP contribution in [0.3, 0.4) is 0 Å². The first-order valence-corrected chi connectivity index (χ1v) is 11.2. The number of hydrogen-bond donors (Lipinski definition) is 0. The van der Waals surface area contributed by atoms with Crippen molar-refractivity contribution in [2.45, 2.75) is 13.0 Å². The van der Waals surface area contributed by atoms with E-state index in [4.69, 9.17) is 13.9 Å². The highest BCUT2D eigenvalue weighted by Gasteiger charge is 2.42. The summed E-state index contributed by atoms with van der Waals surface area (Å²) in [5.74, 6) is -0.219. The molecule has 3 aromatic rings. The van der Waals surface area contributed by atoms with E-state index < -0.39 is 11.9 Å². The Kier molecular flexibility index (Phi) is 5.86. The molecule has 1 saturated heterocycles. The highest BCUT2D eigenvalue weighted by Crippen LogP contribution is 2.38. The third-order valence-electron chi connectivity index (χ3n) is 6.18. The third-order valence-corrected chi connectivity index (χ3v) is 6.18. The standard InChI is InChI=1S/C25H25FN2O5/c1-2-32-18-6-7-19-20(15-18)33-24-21(23(19)29)22(16-4-3-5-17(26)14-16)28(25(24)30)9-8-27-10-12-31-13-11-27/h3-7,14-15,22H,2,8-13H2,1H3. The first-order chi connectivity index (χ1) is 16.1. The molecule has 1 fully saturated rings. The maximum absolute atomic E-state index is 14.1. The largest absolute Gasteiger partial charge is 0.494 e. The summed E-state index contributed by atoms with van der Waals surface area (Å²) in [6.07, 6.45) is 0. The minimum absolute atomic E-state index is 0.0115. The Labute approximate surface area is 190 Å². The smallest absolute Gasteiger partial charge is 0.290 e. The fourth-order valence-corrected chi connectivity index (χ4v) is 4.58. The Hall–Kier alpha value is -3.23. The van der Waals surface area contributed by atoms with E-state index in [1.807, 2.05) is 6.92 Å². The topological polar surface area (TPSA) is 72.2 Å². The predicted molar refractivity (Wildman–Crippen MR) is 120 cm³/mol. The zero-order valence-corrected chi connectivity index (χ0v) is 18.4. The van der Waals surface area contributed by atoms with Gasteiger partial charge in [-0.2, -0.15) is 0 Å². The Morgan fingerprint density at radius 1 is 1.09 bits per heavy atom. The number of amides is 1. The van der Waals surface area contributed by atoms with Crippen molar-refractivity contribution in [2.24, 2.45) is 0 Å². The van der Waals surface area contributed by atoms with Gasteiger partial charge in [-0.15, -0.1) is 0 Å². The molecule has 1 unspecified atom stereocenters. The molecule has 1 atom stereocenters. The van der Waals surface area contributed by atoms with Crippen LogP contribution in [-0.4, -0.2) is 61.7 Å². The minimum atomic E-state index is -0.712. The number of hydrogen-bond acceptors (Lipinski definition) is 6. The summed E-state index contributed by atoms with van der Waals surface area (Å²) < 4.78 is 31.0. The van der Waals surface area contributed by atoms with Crippen LogP contribution in [0.2, 0.25) is 0 Å². The van der Waals surface area contributed by atoms with Gasteiger partial charge in [-0.05, 0) is 36.8 Å². The number of benzene rings is 2. The molecule has 1 amide bonds. The Balaban J connectivity index is 1.59. The summed E-state index contributed by atoms with van der Waals surface area (Å²) >= 11 is 0. The SMILES string of the molecule is CCOc1ccc2c(=O)c3c(oc2c1)C(=O)N(CCN1CCOCC1)C3c1cccc(F)c1. The molecule has 2 aromatic carbocycles. The van der Waals surface area contributed by atoms with Gasteiger partial charge in [0.05, 0.1) is 36.8 Å². The molecule has 0 N–H and O–H groups in total. The van der Waals surface area contributed by atoms with Gasteiger partial charge >= 0.3 is 0 Å². The van der Waals surface area contributed by atoms with E-state index in [2.05, 4.69) is 4.90 Å². The molecule has 7 nitrogen and oxygen atoms in total. The van der Waals surface area contributed by atoms with Crippen LogP contribution < -0.4 is 10.2 Å². The van der Waals surface area contributed by atoms with Gasteiger partial charge in [0.25, 0.3) is 5.91 Å². The van der Waals surface area contributed by atoms with E-state index in [-0.39, 0.29) is 22.7 Å². The second-order valence-corrected chi connectivity index (χ2v) is 8.18. The molecule has 2 aliphatic rings. The van der Waals surface area contributed by atoms with Crippen LogP contribution in [0.1, 0.15) is 34.6 Å². The summed E-state index contributed by atoms with van der Waals surface area (Å²) in [5, 5.41) is 0.362. The van der Waals surface area contributed by atoms with Crippen molar-refractivity contribution in [3.05, 3.63) is 75.4 Å². The summed E-state index contributed by atoms with van der Waals surface area (Å²) in [6.45, 7) is 6.19.